The maximum atomic E-state index is 13.0. The average Bonchev–Trinajstić information content (AvgIpc) is 3.31. The predicted octanol–water partition coefficient (Wildman–Crippen LogP) is 5.99. The third kappa shape index (κ3) is 3.61. The Morgan fingerprint density at radius 2 is 1.96 bits per heavy atom. The highest BCUT2D eigenvalue weighted by Gasteiger charge is 2.32. The summed E-state index contributed by atoms with van der Waals surface area (Å²) in [7, 11) is 0. The van der Waals surface area contributed by atoms with Gasteiger partial charge in [0.05, 0.1) is 21.2 Å². The lowest BCUT2D eigenvalue weighted by molar-refractivity contribution is -0.137. The first-order valence-corrected chi connectivity index (χ1v) is 9.28. The van der Waals surface area contributed by atoms with Gasteiger partial charge in [-0.3, -0.25) is 4.79 Å². The van der Waals surface area contributed by atoms with Gasteiger partial charge in [0.15, 0.2) is 5.65 Å². The molecule has 4 nitrogen and oxygen atoms in total. The summed E-state index contributed by atoms with van der Waals surface area (Å²) in [5, 5.41) is 4.50. The normalized spacial score (nSPS) is 11.7. The molecule has 1 N–H and O–H groups in total. The van der Waals surface area contributed by atoms with Gasteiger partial charge in [-0.15, -0.1) is 11.3 Å². The molecule has 142 valence electrons. The van der Waals surface area contributed by atoms with E-state index in [9.17, 15) is 18.0 Å². The molecule has 0 spiro atoms. The molecule has 0 fully saturated rings. The molecule has 1 amide bonds. The molecule has 0 aliphatic carbocycles. The minimum atomic E-state index is -4.51. The summed E-state index contributed by atoms with van der Waals surface area (Å²) < 4.78 is 40.2. The number of imidazole rings is 1. The van der Waals surface area contributed by atoms with Crippen LogP contribution in [0.3, 0.4) is 0 Å². The van der Waals surface area contributed by atoms with Crippen molar-refractivity contribution in [1.82, 2.24) is 9.38 Å². The molecular formula is C19H11ClF3N3OS. The number of nitrogens with one attached hydrogen (secondary N) is 1. The van der Waals surface area contributed by atoms with E-state index in [1.165, 1.54) is 21.9 Å². The number of amides is 1. The molecule has 3 aromatic heterocycles. The first-order chi connectivity index (χ1) is 13.3. The Labute approximate surface area is 166 Å². The Hall–Kier alpha value is -2.84. The van der Waals surface area contributed by atoms with Gasteiger partial charge in [0, 0.05) is 23.6 Å². The fourth-order valence-electron chi connectivity index (χ4n) is 2.71. The molecule has 0 aliphatic rings. The lowest BCUT2D eigenvalue weighted by Crippen LogP contribution is -2.09. The number of anilines is 1. The fraction of sp³-hybridized carbons (Fsp3) is 0.0526. The third-order valence-corrected chi connectivity index (χ3v) is 5.14. The number of fused-ring (bicyclic) bond motifs is 1. The zero-order chi connectivity index (χ0) is 19.9. The highest BCUT2D eigenvalue weighted by molar-refractivity contribution is 7.12. The zero-order valence-corrected chi connectivity index (χ0v) is 15.6. The van der Waals surface area contributed by atoms with E-state index in [1.807, 2.05) is 0 Å². The molecule has 0 unspecified atom stereocenters. The van der Waals surface area contributed by atoms with Gasteiger partial charge >= 0.3 is 6.18 Å². The van der Waals surface area contributed by atoms with Crippen LogP contribution in [0.5, 0.6) is 0 Å². The van der Waals surface area contributed by atoms with Crippen molar-refractivity contribution in [2.24, 2.45) is 0 Å². The summed E-state index contributed by atoms with van der Waals surface area (Å²) in [6, 6.07) is 11.3. The van der Waals surface area contributed by atoms with Crippen LogP contribution in [0.15, 0.2) is 60.2 Å². The number of halogens is 4. The van der Waals surface area contributed by atoms with Crippen LogP contribution in [0.2, 0.25) is 5.02 Å². The number of aromatic nitrogens is 2. The van der Waals surface area contributed by atoms with Crippen molar-refractivity contribution in [3.63, 3.8) is 0 Å². The van der Waals surface area contributed by atoms with Crippen molar-refractivity contribution in [3.8, 4) is 11.3 Å². The molecular weight excluding hydrogens is 411 g/mol. The topological polar surface area (TPSA) is 46.4 Å². The molecule has 0 atom stereocenters. The number of alkyl halides is 3. The van der Waals surface area contributed by atoms with Crippen molar-refractivity contribution in [2.45, 2.75) is 6.18 Å². The predicted molar refractivity (Wildman–Crippen MR) is 103 cm³/mol. The molecule has 0 saturated carbocycles. The number of hydrogen-bond acceptors (Lipinski definition) is 3. The number of nitrogens with zero attached hydrogens (tertiary/aromatic N) is 2. The van der Waals surface area contributed by atoms with E-state index in [0.717, 1.165) is 12.3 Å². The maximum absolute atomic E-state index is 13.0. The summed E-state index contributed by atoms with van der Waals surface area (Å²) in [6.07, 6.45) is -2.09. The second-order valence-electron chi connectivity index (χ2n) is 5.94. The third-order valence-electron chi connectivity index (χ3n) is 3.99. The number of carbonyl (C=O) groups excluding carboxylic acids is 1. The fourth-order valence-corrected chi connectivity index (χ4v) is 3.58. The van der Waals surface area contributed by atoms with Crippen LogP contribution in [0.25, 0.3) is 16.9 Å². The molecule has 28 heavy (non-hydrogen) atoms. The van der Waals surface area contributed by atoms with Crippen LogP contribution in [-0.2, 0) is 6.18 Å². The minimum absolute atomic E-state index is 0.0942. The van der Waals surface area contributed by atoms with E-state index >= 15 is 0 Å². The van der Waals surface area contributed by atoms with Crippen LogP contribution in [0, 0.1) is 0 Å². The molecule has 0 radical (unpaired) electrons. The van der Waals surface area contributed by atoms with Gasteiger partial charge in [-0.2, -0.15) is 13.2 Å². The van der Waals surface area contributed by atoms with Crippen molar-refractivity contribution < 1.29 is 18.0 Å². The smallest absolute Gasteiger partial charge is 0.321 e. The van der Waals surface area contributed by atoms with Crippen LogP contribution in [0.4, 0.5) is 18.9 Å². The molecule has 4 rings (SSSR count). The summed E-state index contributed by atoms with van der Waals surface area (Å²) in [5.74, 6) is -0.236. The molecule has 1 aromatic carbocycles. The molecule has 0 aliphatic heterocycles. The van der Waals surface area contributed by atoms with E-state index < -0.39 is 11.7 Å². The number of hydrogen-bond donors (Lipinski definition) is 1. The monoisotopic (exact) mass is 421 g/mol. The van der Waals surface area contributed by atoms with Gasteiger partial charge in [0.1, 0.15) is 0 Å². The molecule has 0 saturated heterocycles. The van der Waals surface area contributed by atoms with E-state index in [0.29, 0.717) is 21.8 Å². The lowest BCUT2D eigenvalue weighted by Gasteiger charge is -2.07. The van der Waals surface area contributed by atoms with Crippen LogP contribution in [0.1, 0.15) is 15.2 Å². The largest absolute Gasteiger partial charge is 0.417 e. The van der Waals surface area contributed by atoms with Crippen LogP contribution >= 0.6 is 22.9 Å². The van der Waals surface area contributed by atoms with Crippen LogP contribution < -0.4 is 5.32 Å². The molecule has 9 heteroatoms. The summed E-state index contributed by atoms with van der Waals surface area (Å²) in [6.45, 7) is 0. The van der Waals surface area contributed by atoms with Crippen molar-refractivity contribution in [1.29, 1.82) is 0 Å². The summed E-state index contributed by atoms with van der Waals surface area (Å²) in [4.78, 5) is 17.1. The number of pyridine rings is 1. The van der Waals surface area contributed by atoms with Gasteiger partial charge in [-0.05, 0) is 29.6 Å². The first-order valence-electron chi connectivity index (χ1n) is 8.02. The second kappa shape index (κ2) is 6.96. The zero-order valence-electron chi connectivity index (χ0n) is 14.0. The Balaban J connectivity index is 1.68. The second-order valence-corrected chi connectivity index (χ2v) is 7.30. The quantitative estimate of drug-likeness (QED) is 0.442. The maximum Gasteiger partial charge on any atom is 0.417 e. The highest BCUT2D eigenvalue weighted by atomic mass is 35.5. The number of thiophene rings is 1. The number of rotatable bonds is 3. The van der Waals surface area contributed by atoms with Gasteiger partial charge in [-0.25, -0.2) is 4.98 Å². The van der Waals surface area contributed by atoms with Gasteiger partial charge in [-0.1, -0.05) is 29.8 Å². The first kappa shape index (κ1) is 18.5. The Morgan fingerprint density at radius 1 is 1.14 bits per heavy atom. The minimum Gasteiger partial charge on any atom is -0.321 e. The van der Waals surface area contributed by atoms with E-state index in [4.69, 9.17) is 11.6 Å². The summed E-state index contributed by atoms with van der Waals surface area (Å²) >= 11 is 7.31. The Kier molecular flexibility index (Phi) is 4.60. The Morgan fingerprint density at radius 3 is 2.68 bits per heavy atom. The molecule has 0 bridgehead atoms. The van der Waals surface area contributed by atoms with E-state index in [1.54, 1.807) is 41.8 Å². The van der Waals surface area contributed by atoms with Crippen molar-refractivity contribution in [2.75, 3.05) is 5.32 Å². The molecule has 3 heterocycles. The average molecular weight is 422 g/mol. The molecule has 4 aromatic rings. The number of benzene rings is 1. The SMILES string of the molecule is O=C(Nc1cccc(-c2cn3cc(C(F)(F)F)cc(Cl)c3n2)c1)c1cccs1. The van der Waals surface area contributed by atoms with Crippen molar-refractivity contribution >= 4 is 40.2 Å². The Bertz CT molecular complexity index is 1170. The lowest BCUT2D eigenvalue weighted by atomic mass is 10.1. The van der Waals surface area contributed by atoms with Gasteiger partial charge in [0.25, 0.3) is 5.91 Å². The summed E-state index contributed by atoms with van der Waals surface area (Å²) in [5.41, 5.74) is 0.990. The van der Waals surface area contributed by atoms with Crippen LogP contribution in [-0.4, -0.2) is 15.3 Å². The number of carbonyl (C=O) groups is 1. The van der Waals surface area contributed by atoms with E-state index in [2.05, 4.69) is 10.3 Å². The standard InChI is InChI=1S/C19H11ClF3N3OS/c20-14-8-12(19(21,22)23)9-26-10-15(25-17(14)26)11-3-1-4-13(7-11)24-18(27)16-5-2-6-28-16/h1-10H,(H,24,27). The van der Waals surface area contributed by atoms with Crippen molar-refractivity contribution in [3.05, 3.63) is 75.7 Å². The van der Waals surface area contributed by atoms with E-state index in [-0.39, 0.29) is 16.6 Å². The van der Waals surface area contributed by atoms with Gasteiger partial charge in [0.2, 0.25) is 0 Å². The van der Waals surface area contributed by atoms with Gasteiger partial charge < -0.3 is 9.72 Å². The highest BCUT2D eigenvalue weighted by Crippen LogP contribution is 2.33.